The lowest BCUT2D eigenvalue weighted by Crippen LogP contribution is -2.21. The fourth-order valence-corrected chi connectivity index (χ4v) is 2.09. The van der Waals surface area contributed by atoms with Gasteiger partial charge in [-0.05, 0) is 18.2 Å². The van der Waals surface area contributed by atoms with Gasteiger partial charge in [0.25, 0.3) is 0 Å². The molecule has 6 heteroatoms. The third-order valence-corrected chi connectivity index (χ3v) is 2.97. The summed E-state index contributed by atoms with van der Waals surface area (Å²) < 4.78 is 5.39. The molecule has 1 aromatic carbocycles. The highest BCUT2D eigenvalue weighted by Crippen LogP contribution is 2.36. The Balaban J connectivity index is 2.43. The summed E-state index contributed by atoms with van der Waals surface area (Å²) in [7, 11) is 0. The molecule has 18 heavy (non-hydrogen) atoms. The minimum absolute atomic E-state index is 0.0659. The van der Waals surface area contributed by atoms with Gasteiger partial charge in [0.15, 0.2) is 5.75 Å². The second kappa shape index (κ2) is 5.71. The highest BCUT2D eigenvalue weighted by atomic mass is 35.5. The minimum Gasteiger partial charge on any atom is -0.487 e. The van der Waals surface area contributed by atoms with Gasteiger partial charge in [-0.1, -0.05) is 23.2 Å². The van der Waals surface area contributed by atoms with Crippen molar-refractivity contribution in [1.29, 1.82) is 0 Å². The fourth-order valence-electron chi connectivity index (χ4n) is 1.52. The number of halogens is 2. The molecule has 0 amide bonds. The molecule has 1 aromatic heterocycles. The van der Waals surface area contributed by atoms with E-state index in [-0.39, 0.29) is 13.2 Å². The van der Waals surface area contributed by atoms with Crippen molar-refractivity contribution in [3.63, 3.8) is 0 Å². The first-order chi connectivity index (χ1) is 8.63. The number of aliphatic hydroxyl groups excluding tert-OH is 2. The second-order valence-corrected chi connectivity index (χ2v) is 4.53. The van der Waals surface area contributed by atoms with Gasteiger partial charge in [-0.25, -0.2) is 0 Å². The number of benzene rings is 1. The first-order valence-electron chi connectivity index (χ1n) is 5.28. The van der Waals surface area contributed by atoms with Crippen molar-refractivity contribution < 1.29 is 14.9 Å². The van der Waals surface area contributed by atoms with Crippen LogP contribution in [0, 0.1) is 0 Å². The summed E-state index contributed by atoms with van der Waals surface area (Å²) in [5.41, 5.74) is 0.528. The largest absolute Gasteiger partial charge is 0.487 e. The molecule has 1 atom stereocenters. The van der Waals surface area contributed by atoms with Gasteiger partial charge in [-0.3, -0.25) is 4.98 Å². The quantitative estimate of drug-likeness (QED) is 0.906. The van der Waals surface area contributed by atoms with Crippen LogP contribution >= 0.6 is 23.2 Å². The molecule has 0 bridgehead atoms. The van der Waals surface area contributed by atoms with Gasteiger partial charge in [0.2, 0.25) is 0 Å². The zero-order chi connectivity index (χ0) is 13.1. The van der Waals surface area contributed by atoms with Crippen molar-refractivity contribution in [1.82, 2.24) is 4.98 Å². The van der Waals surface area contributed by atoms with E-state index in [2.05, 4.69) is 4.98 Å². The van der Waals surface area contributed by atoms with Crippen LogP contribution in [0.4, 0.5) is 0 Å². The summed E-state index contributed by atoms with van der Waals surface area (Å²) >= 11 is 12.1. The fraction of sp³-hybridized carbons (Fsp3) is 0.250. The molecule has 1 unspecified atom stereocenters. The van der Waals surface area contributed by atoms with E-state index in [1.165, 1.54) is 0 Å². The molecule has 0 saturated heterocycles. The Hall–Kier alpha value is -1.07. The Labute approximate surface area is 114 Å². The number of aromatic nitrogens is 1. The summed E-state index contributed by atoms with van der Waals surface area (Å²) in [6, 6.07) is 5.12. The van der Waals surface area contributed by atoms with Crippen LogP contribution in [-0.2, 0) is 0 Å². The van der Waals surface area contributed by atoms with Crippen molar-refractivity contribution in [3.05, 3.63) is 34.4 Å². The Morgan fingerprint density at radius 3 is 2.83 bits per heavy atom. The number of ether oxygens (including phenoxy) is 1. The van der Waals surface area contributed by atoms with Crippen LogP contribution in [0.3, 0.4) is 0 Å². The average molecular weight is 288 g/mol. The lowest BCUT2D eigenvalue weighted by Gasteiger charge is -2.13. The third kappa shape index (κ3) is 2.67. The molecule has 0 spiro atoms. The SMILES string of the molecule is OCC(O)COc1c(Cl)cc(Cl)c2cccnc12. The highest BCUT2D eigenvalue weighted by Gasteiger charge is 2.13. The Bertz CT molecular complexity index is 562. The molecule has 0 aliphatic rings. The number of pyridine rings is 1. The first kappa shape index (κ1) is 13.4. The van der Waals surface area contributed by atoms with Crippen molar-refractivity contribution in [2.75, 3.05) is 13.2 Å². The van der Waals surface area contributed by atoms with Crippen LogP contribution in [-0.4, -0.2) is 34.5 Å². The van der Waals surface area contributed by atoms with E-state index < -0.39 is 6.10 Å². The van der Waals surface area contributed by atoms with Crippen LogP contribution in [0.15, 0.2) is 24.4 Å². The Morgan fingerprint density at radius 2 is 2.11 bits per heavy atom. The van der Waals surface area contributed by atoms with E-state index >= 15 is 0 Å². The summed E-state index contributed by atoms with van der Waals surface area (Å²) in [6.45, 7) is -0.444. The van der Waals surface area contributed by atoms with E-state index in [0.717, 1.165) is 5.39 Å². The normalized spacial score (nSPS) is 12.7. The second-order valence-electron chi connectivity index (χ2n) is 3.72. The first-order valence-corrected chi connectivity index (χ1v) is 6.03. The highest BCUT2D eigenvalue weighted by molar-refractivity contribution is 6.39. The van der Waals surface area contributed by atoms with Crippen LogP contribution < -0.4 is 4.74 Å². The van der Waals surface area contributed by atoms with Crippen molar-refractivity contribution >= 4 is 34.1 Å². The number of hydrogen-bond acceptors (Lipinski definition) is 4. The van der Waals surface area contributed by atoms with Crippen LogP contribution in [0.25, 0.3) is 10.9 Å². The Morgan fingerprint density at radius 1 is 1.33 bits per heavy atom. The summed E-state index contributed by atoms with van der Waals surface area (Å²) in [5.74, 6) is 0.351. The molecule has 2 N–H and O–H groups in total. The monoisotopic (exact) mass is 287 g/mol. The van der Waals surface area contributed by atoms with E-state index in [1.807, 2.05) is 0 Å². The number of fused-ring (bicyclic) bond motifs is 1. The predicted octanol–water partition coefficient (Wildman–Crippen LogP) is 2.27. The summed E-state index contributed by atoms with van der Waals surface area (Å²) in [4.78, 5) is 4.17. The van der Waals surface area contributed by atoms with E-state index in [4.69, 9.17) is 33.0 Å². The van der Waals surface area contributed by atoms with Crippen LogP contribution in [0.5, 0.6) is 5.75 Å². The minimum atomic E-state index is -0.962. The molecule has 4 nitrogen and oxygen atoms in total. The van der Waals surface area contributed by atoms with Gasteiger partial charge < -0.3 is 14.9 Å². The number of nitrogens with zero attached hydrogens (tertiary/aromatic N) is 1. The third-order valence-electron chi connectivity index (χ3n) is 2.38. The van der Waals surface area contributed by atoms with Crippen molar-refractivity contribution in [3.8, 4) is 5.75 Å². The van der Waals surface area contributed by atoms with Gasteiger partial charge in [0, 0.05) is 11.6 Å². The molecule has 0 aliphatic heterocycles. The van der Waals surface area contributed by atoms with E-state index in [9.17, 15) is 5.11 Å². The molecule has 0 saturated carbocycles. The molecular weight excluding hydrogens is 277 g/mol. The molecule has 0 radical (unpaired) electrons. The maximum atomic E-state index is 9.27. The van der Waals surface area contributed by atoms with Gasteiger partial charge >= 0.3 is 0 Å². The Kier molecular flexibility index (Phi) is 4.24. The lowest BCUT2D eigenvalue weighted by atomic mass is 10.2. The van der Waals surface area contributed by atoms with E-state index in [1.54, 1.807) is 24.4 Å². The zero-order valence-corrected chi connectivity index (χ0v) is 10.8. The number of aliphatic hydroxyl groups is 2. The van der Waals surface area contributed by atoms with Crippen LogP contribution in [0.1, 0.15) is 0 Å². The maximum Gasteiger partial charge on any atom is 0.164 e. The van der Waals surface area contributed by atoms with Crippen molar-refractivity contribution in [2.24, 2.45) is 0 Å². The lowest BCUT2D eigenvalue weighted by molar-refractivity contribution is 0.0541. The standard InChI is InChI=1S/C12H11Cl2NO3/c13-9-4-10(14)12(18-6-7(17)5-16)11-8(9)2-1-3-15-11/h1-4,7,16-17H,5-6H2. The van der Waals surface area contributed by atoms with Gasteiger partial charge in [-0.2, -0.15) is 0 Å². The molecule has 0 fully saturated rings. The molecule has 0 aliphatic carbocycles. The number of rotatable bonds is 4. The number of hydrogen-bond donors (Lipinski definition) is 2. The predicted molar refractivity (Wildman–Crippen MR) is 70.4 cm³/mol. The maximum absolute atomic E-state index is 9.27. The van der Waals surface area contributed by atoms with Crippen LogP contribution in [0.2, 0.25) is 10.0 Å². The molecule has 2 rings (SSSR count). The van der Waals surface area contributed by atoms with Gasteiger partial charge in [-0.15, -0.1) is 0 Å². The molecule has 1 heterocycles. The van der Waals surface area contributed by atoms with Crippen molar-refractivity contribution in [2.45, 2.75) is 6.10 Å². The summed E-state index contributed by atoms with van der Waals surface area (Å²) in [5, 5.41) is 19.5. The molecular formula is C12H11Cl2NO3. The average Bonchev–Trinajstić information content (AvgIpc) is 2.38. The molecule has 96 valence electrons. The topological polar surface area (TPSA) is 62.6 Å². The zero-order valence-electron chi connectivity index (χ0n) is 9.31. The van der Waals surface area contributed by atoms with E-state index in [0.29, 0.717) is 21.3 Å². The molecule has 2 aromatic rings. The van der Waals surface area contributed by atoms with Gasteiger partial charge in [0.05, 0.1) is 16.7 Å². The summed E-state index contributed by atoms with van der Waals surface area (Å²) in [6.07, 6.45) is 0.639. The smallest absolute Gasteiger partial charge is 0.164 e. The van der Waals surface area contributed by atoms with Gasteiger partial charge in [0.1, 0.15) is 18.2 Å².